The van der Waals surface area contributed by atoms with Gasteiger partial charge in [-0.15, -0.1) is 6.58 Å². The van der Waals surface area contributed by atoms with E-state index in [1.165, 1.54) is 0 Å². The van der Waals surface area contributed by atoms with Gasteiger partial charge in [0.2, 0.25) is 0 Å². The van der Waals surface area contributed by atoms with Crippen molar-refractivity contribution >= 4 is 6.34 Å². The van der Waals surface area contributed by atoms with Crippen LogP contribution in [-0.4, -0.2) is 18.4 Å². The van der Waals surface area contributed by atoms with Crippen LogP contribution in [0.1, 0.15) is 8.35 Å². The van der Waals surface area contributed by atoms with Crippen molar-refractivity contribution in [2.45, 2.75) is 19.0 Å². The number of hydrogen-bond acceptors (Lipinski definition) is 2. The molecule has 56 valence electrons. The van der Waals surface area contributed by atoms with E-state index in [2.05, 4.69) is 23.0 Å². The second-order valence-corrected chi connectivity index (χ2v) is 2.22. The Hall–Kier alpha value is -1.05. The fraction of sp³-hybridized carbons (Fsp3) is 0.375. The average Bonchev–Trinajstić information content (AvgIpc) is 2.36. The third-order valence-corrected chi connectivity index (χ3v) is 1.53. The van der Waals surface area contributed by atoms with Crippen LogP contribution in [0, 0.1) is 0 Å². The molecule has 0 aromatic rings. The molecule has 0 fully saturated rings. The predicted octanol–water partition coefficient (Wildman–Crippen LogP) is 1.36. The zero-order valence-corrected chi connectivity index (χ0v) is 6.12. The molecule has 0 aromatic heterocycles. The lowest BCUT2D eigenvalue weighted by Crippen LogP contribution is -2.27. The Kier molecular flexibility index (Phi) is 2.26. The van der Waals surface area contributed by atoms with Crippen LogP contribution in [0.4, 0.5) is 0 Å². The SMILES string of the molecule is C=CC1NC=NC1/C=C\C.[HH]. The fourth-order valence-corrected chi connectivity index (χ4v) is 0.981. The summed E-state index contributed by atoms with van der Waals surface area (Å²) in [5, 5.41) is 3.08. The number of nitrogens with one attached hydrogen (secondary N) is 1. The van der Waals surface area contributed by atoms with Gasteiger partial charge in [0.25, 0.3) is 0 Å². The van der Waals surface area contributed by atoms with E-state index in [9.17, 15) is 0 Å². The fourth-order valence-electron chi connectivity index (χ4n) is 0.981. The second-order valence-electron chi connectivity index (χ2n) is 2.22. The maximum absolute atomic E-state index is 4.18. The molecular formula is C8H14N2. The van der Waals surface area contributed by atoms with Crippen LogP contribution in [0.25, 0.3) is 0 Å². The first-order chi connectivity index (χ1) is 4.88. The molecular weight excluding hydrogens is 124 g/mol. The van der Waals surface area contributed by atoms with Crippen molar-refractivity contribution in [2.75, 3.05) is 0 Å². The van der Waals surface area contributed by atoms with Crippen LogP contribution in [-0.2, 0) is 0 Å². The summed E-state index contributed by atoms with van der Waals surface area (Å²) in [4.78, 5) is 4.18. The molecule has 1 N–H and O–H groups in total. The quantitative estimate of drug-likeness (QED) is 0.572. The molecule has 0 saturated heterocycles. The number of allylic oxidation sites excluding steroid dienone is 1. The van der Waals surface area contributed by atoms with Gasteiger partial charge in [0, 0.05) is 1.43 Å². The minimum atomic E-state index is 0. The highest BCUT2D eigenvalue weighted by Gasteiger charge is 2.16. The van der Waals surface area contributed by atoms with Crippen LogP contribution in [0.5, 0.6) is 0 Å². The van der Waals surface area contributed by atoms with Gasteiger partial charge in [-0.05, 0) is 6.92 Å². The first-order valence-corrected chi connectivity index (χ1v) is 3.41. The van der Waals surface area contributed by atoms with Crippen molar-refractivity contribution in [1.29, 1.82) is 0 Å². The van der Waals surface area contributed by atoms with Gasteiger partial charge < -0.3 is 5.32 Å². The molecule has 0 bridgehead atoms. The monoisotopic (exact) mass is 138 g/mol. The van der Waals surface area contributed by atoms with Gasteiger partial charge >= 0.3 is 0 Å². The zero-order chi connectivity index (χ0) is 7.40. The Labute approximate surface area is 62.8 Å². The van der Waals surface area contributed by atoms with Crippen molar-refractivity contribution in [3.63, 3.8) is 0 Å². The molecule has 0 radical (unpaired) electrons. The molecule has 2 nitrogen and oxygen atoms in total. The lowest BCUT2D eigenvalue weighted by atomic mass is 10.1. The smallest absolute Gasteiger partial charge is 0.0934 e. The minimum absolute atomic E-state index is 0. The Morgan fingerprint density at radius 1 is 1.80 bits per heavy atom. The molecule has 2 unspecified atom stereocenters. The van der Waals surface area contributed by atoms with Gasteiger partial charge in [-0.3, -0.25) is 4.99 Å². The minimum Gasteiger partial charge on any atom is -0.368 e. The molecule has 2 atom stereocenters. The van der Waals surface area contributed by atoms with E-state index in [4.69, 9.17) is 0 Å². The predicted molar refractivity (Wildman–Crippen MR) is 46.3 cm³/mol. The summed E-state index contributed by atoms with van der Waals surface area (Å²) in [5.41, 5.74) is 0. The van der Waals surface area contributed by atoms with E-state index >= 15 is 0 Å². The summed E-state index contributed by atoms with van der Waals surface area (Å²) in [6.45, 7) is 5.69. The summed E-state index contributed by atoms with van der Waals surface area (Å²) in [6.07, 6.45) is 7.67. The molecule has 10 heavy (non-hydrogen) atoms. The molecule has 0 saturated carbocycles. The first kappa shape index (κ1) is 7.06. The van der Waals surface area contributed by atoms with E-state index < -0.39 is 0 Å². The van der Waals surface area contributed by atoms with Crippen LogP contribution in [0.15, 0.2) is 29.8 Å². The maximum atomic E-state index is 4.18. The van der Waals surface area contributed by atoms with Gasteiger partial charge in [0.05, 0.1) is 18.4 Å². The highest BCUT2D eigenvalue weighted by Crippen LogP contribution is 2.05. The van der Waals surface area contributed by atoms with E-state index in [0.717, 1.165) is 0 Å². The Bertz CT molecular complexity index is 175. The second kappa shape index (κ2) is 3.20. The highest BCUT2D eigenvalue weighted by atomic mass is 15.1. The summed E-state index contributed by atoms with van der Waals surface area (Å²) in [7, 11) is 0. The molecule has 1 heterocycles. The third kappa shape index (κ3) is 1.26. The van der Waals surface area contributed by atoms with E-state index in [-0.39, 0.29) is 13.5 Å². The van der Waals surface area contributed by atoms with Crippen LogP contribution in [0.2, 0.25) is 0 Å². The number of aliphatic imine (C=N–C) groups is 1. The molecule has 0 aromatic carbocycles. The molecule has 1 aliphatic heterocycles. The van der Waals surface area contributed by atoms with Gasteiger partial charge in [-0.25, -0.2) is 0 Å². The van der Waals surface area contributed by atoms with Crippen molar-refractivity contribution in [2.24, 2.45) is 4.99 Å². The highest BCUT2D eigenvalue weighted by molar-refractivity contribution is 5.59. The Balaban J connectivity index is 0.000001000. The van der Waals surface area contributed by atoms with Gasteiger partial charge in [-0.1, -0.05) is 18.2 Å². The van der Waals surface area contributed by atoms with Crippen molar-refractivity contribution in [3.05, 3.63) is 24.8 Å². The number of nitrogens with zero attached hydrogens (tertiary/aromatic N) is 1. The Morgan fingerprint density at radius 2 is 2.60 bits per heavy atom. The van der Waals surface area contributed by atoms with E-state index in [0.29, 0.717) is 0 Å². The van der Waals surface area contributed by atoms with Gasteiger partial charge in [0.1, 0.15) is 0 Å². The van der Waals surface area contributed by atoms with Crippen LogP contribution < -0.4 is 5.32 Å². The standard InChI is InChI=1S/C8H12N2.H2/c1-3-5-8-7(4-2)9-6-10-8;/h3-8H,2H2,1H3,(H,9,10);1H/b5-3-;. The number of rotatable bonds is 2. The molecule has 1 aliphatic rings. The summed E-state index contributed by atoms with van der Waals surface area (Å²) in [6, 6.07) is 0.540. The lowest BCUT2D eigenvalue weighted by Gasteiger charge is -2.08. The summed E-state index contributed by atoms with van der Waals surface area (Å²) < 4.78 is 0. The average molecular weight is 138 g/mol. The van der Waals surface area contributed by atoms with E-state index in [1.807, 2.05) is 19.1 Å². The van der Waals surface area contributed by atoms with Gasteiger partial charge in [0.15, 0.2) is 0 Å². The molecule has 0 spiro atoms. The normalized spacial score (nSPS) is 30.9. The zero-order valence-electron chi connectivity index (χ0n) is 6.12. The molecule has 1 rings (SSSR count). The van der Waals surface area contributed by atoms with E-state index in [1.54, 1.807) is 6.34 Å². The summed E-state index contributed by atoms with van der Waals surface area (Å²) in [5.74, 6) is 0. The third-order valence-electron chi connectivity index (χ3n) is 1.53. The largest absolute Gasteiger partial charge is 0.368 e. The summed E-state index contributed by atoms with van der Waals surface area (Å²) >= 11 is 0. The maximum Gasteiger partial charge on any atom is 0.0934 e. The lowest BCUT2D eigenvalue weighted by molar-refractivity contribution is 0.704. The van der Waals surface area contributed by atoms with Gasteiger partial charge in [-0.2, -0.15) is 0 Å². The van der Waals surface area contributed by atoms with Crippen LogP contribution >= 0.6 is 0 Å². The van der Waals surface area contributed by atoms with Crippen molar-refractivity contribution in [1.82, 2.24) is 5.32 Å². The molecule has 0 amide bonds. The van der Waals surface area contributed by atoms with Crippen LogP contribution in [0.3, 0.4) is 0 Å². The van der Waals surface area contributed by atoms with Crippen molar-refractivity contribution < 1.29 is 1.43 Å². The molecule has 2 heteroatoms. The first-order valence-electron chi connectivity index (χ1n) is 3.41. The Morgan fingerprint density at radius 3 is 3.20 bits per heavy atom. The molecule has 0 aliphatic carbocycles. The van der Waals surface area contributed by atoms with Crippen molar-refractivity contribution in [3.8, 4) is 0 Å². The topological polar surface area (TPSA) is 24.4 Å². The number of hydrogen-bond donors (Lipinski definition) is 1.